The van der Waals surface area contributed by atoms with Crippen molar-refractivity contribution in [2.24, 2.45) is 0 Å². The van der Waals surface area contributed by atoms with Crippen molar-refractivity contribution in [2.75, 3.05) is 7.11 Å². The number of fused-ring (bicyclic) bond motifs is 1. The van der Waals surface area contributed by atoms with Gasteiger partial charge in [0.25, 0.3) is 0 Å². The Bertz CT molecular complexity index is 686. The maximum Gasteiger partial charge on any atom is 0.346 e. The van der Waals surface area contributed by atoms with Gasteiger partial charge in [0.1, 0.15) is 11.3 Å². The second-order valence-electron chi connectivity index (χ2n) is 4.39. The zero-order valence-electron chi connectivity index (χ0n) is 11.6. The Balaban J connectivity index is 2.39. The summed E-state index contributed by atoms with van der Waals surface area (Å²) in [5.41, 5.74) is 0.972. The van der Waals surface area contributed by atoms with Crippen molar-refractivity contribution in [3.05, 3.63) is 40.2 Å². The minimum Gasteiger partial charge on any atom is -0.479 e. The number of ether oxygens (including phenoxy) is 2. The molecule has 0 radical (unpaired) electrons. The molecule has 0 bridgehead atoms. The number of hydrogen-bond donors (Lipinski definition) is 0. The van der Waals surface area contributed by atoms with Gasteiger partial charge in [-0.3, -0.25) is 0 Å². The highest BCUT2D eigenvalue weighted by molar-refractivity contribution is 5.81. The van der Waals surface area contributed by atoms with Crippen molar-refractivity contribution in [3.63, 3.8) is 0 Å². The smallest absolute Gasteiger partial charge is 0.346 e. The lowest BCUT2D eigenvalue weighted by atomic mass is 10.1. The van der Waals surface area contributed by atoms with E-state index in [9.17, 15) is 9.59 Å². The fraction of sp³-hybridized carbons (Fsp3) is 0.333. The Morgan fingerprint density at radius 1 is 1.35 bits per heavy atom. The summed E-state index contributed by atoms with van der Waals surface area (Å²) in [6.45, 7) is 3.56. The maximum atomic E-state index is 11.5. The third-order valence-corrected chi connectivity index (χ3v) is 3.03. The van der Waals surface area contributed by atoms with Gasteiger partial charge < -0.3 is 13.9 Å². The van der Waals surface area contributed by atoms with Gasteiger partial charge >= 0.3 is 11.6 Å². The summed E-state index contributed by atoms with van der Waals surface area (Å²) >= 11 is 0. The molecule has 106 valence electrons. The molecule has 0 aliphatic carbocycles. The van der Waals surface area contributed by atoms with Gasteiger partial charge in [0.2, 0.25) is 0 Å². The molecule has 20 heavy (non-hydrogen) atoms. The lowest BCUT2D eigenvalue weighted by molar-refractivity contribution is -0.147. The van der Waals surface area contributed by atoms with Crippen LogP contribution in [-0.4, -0.2) is 19.2 Å². The molecule has 1 aromatic carbocycles. The van der Waals surface area contributed by atoms with Crippen LogP contribution in [0.2, 0.25) is 0 Å². The highest BCUT2D eigenvalue weighted by atomic mass is 16.6. The molecule has 2 aromatic rings. The lowest BCUT2D eigenvalue weighted by Gasteiger charge is -2.12. The molecule has 1 atom stereocenters. The summed E-state index contributed by atoms with van der Waals surface area (Å²) in [5, 5.41) is 0.866. The molecule has 0 aliphatic rings. The SMILES string of the molecule is CCc1cc(=O)oc2cc(OC(C)C(=O)OC)ccc12. The predicted molar refractivity (Wildman–Crippen MR) is 74.0 cm³/mol. The van der Waals surface area contributed by atoms with E-state index in [0.29, 0.717) is 11.3 Å². The van der Waals surface area contributed by atoms with Crippen LogP contribution in [0, 0.1) is 0 Å². The van der Waals surface area contributed by atoms with E-state index in [0.717, 1.165) is 17.4 Å². The van der Waals surface area contributed by atoms with Crippen LogP contribution >= 0.6 is 0 Å². The van der Waals surface area contributed by atoms with Crippen LogP contribution in [0.4, 0.5) is 0 Å². The fourth-order valence-corrected chi connectivity index (χ4v) is 1.99. The first-order valence-corrected chi connectivity index (χ1v) is 6.36. The van der Waals surface area contributed by atoms with Gasteiger partial charge in [0, 0.05) is 17.5 Å². The van der Waals surface area contributed by atoms with Crippen LogP contribution in [0.25, 0.3) is 11.0 Å². The van der Waals surface area contributed by atoms with Crippen molar-refractivity contribution in [2.45, 2.75) is 26.4 Å². The molecule has 1 unspecified atom stereocenters. The quantitative estimate of drug-likeness (QED) is 0.633. The van der Waals surface area contributed by atoms with Crippen LogP contribution in [0.1, 0.15) is 19.4 Å². The molecule has 0 saturated carbocycles. The van der Waals surface area contributed by atoms with E-state index in [2.05, 4.69) is 4.74 Å². The first kappa shape index (κ1) is 14.1. The number of methoxy groups -OCH3 is 1. The third-order valence-electron chi connectivity index (χ3n) is 3.03. The topological polar surface area (TPSA) is 65.7 Å². The molecule has 0 spiro atoms. The average Bonchev–Trinajstić information content (AvgIpc) is 2.44. The molecule has 0 amide bonds. The van der Waals surface area contributed by atoms with E-state index in [1.54, 1.807) is 19.1 Å². The van der Waals surface area contributed by atoms with E-state index in [-0.39, 0.29) is 0 Å². The summed E-state index contributed by atoms with van der Waals surface area (Å²) in [6.07, 6.45) is 0.0134. The van der Waals surface area contributed by atoms with E-state index >= 15 is 0 Å². The zero-order valence-corrected chi connectivity index (χ0v) is 11.6. The predicted octanol–water partition coefficient (Wildman–Crippen LogP) is 2.30. The van der Waals surface area contributed by atoms with Crippen molar-refractivity contribution in [1.82, 2.24) is 0 Å². The number of benzene rings is 1. The molecule has 2 rings (SSSR count). The van der Waals surface area contributed by atoms with E-state index in [4.69, 9.17) is 9.15 Å². The Labute approximate surface area is 116 Å². The Morgan fingerprint density at radius 2 is 2.10 bits per heavy atom. The van der Waals surface area contributed by atoms with Crippen LogP contribution in [-0.2, 0) is 16.0 Å². The van der Waals surface area contributed by atoms with Crippen LogP contribution in [0.15, 0.2) is 33.5 Å². The summed E-state index contributed by atoms with van der Waals surface area (Å²) in [5.74, 6) is -0.0133. The summed E-state index contributed by atoms with van der Waals surface area (Å²) in [7, 11) is 1.30. The third kappa shape index (κ3) is 2.82. The number of hydrogen-bond acceptors (Lipinski definition) is 5. The Hall–Kier alpha value is -2.30. The normalized spacial score (nSPS) is 12.2. The lowest BCUT2D eigenvalue weighted by Crippen LogP contribution is -2.24. The van der Waals surface area contributed by atoms with Crippen molar-refractivity contribution in [1.29, 1.82) is 0 Å². The molecule has 0 saturated heterocycles. The molecule has 1 aromatic heterocycles. The largest absolute Gasteiger partial charge is 0.479 e. The Kier molecular flexibility index (Phi) is 4.08. The second kappa shape index (κ2) is 5.77. The molecule has 5 heteroatoms. The van der Waals surface area contributed by atoms with E-state index in [1.807, 2.05) is 13.0 Å². The minimum atomic E-state index is -0.724. The molecule has 5 nitrogen and oxygen atoms in total. The first-order chi connectivity index (χ1) is 9.55. The van der Waals surface area contributed by atoms with Crippen LogP contribution < -0.4 is 10.4 Å². The van der Waals surface area contributed by atoms with Gasteiger partial charge in [-0.15, -0.1) is 0 Å². The van der Waals surface area contributed by atoms with Gasteiger partial charge in [-0.1, -0.05) is 6.92 Å². The first-order valence-electron chi connectivity index (χ1n) is 6.36. The number of carbonyl (C=O) groups excluding carboxylic acids is 1. The maximum absolute atomic E-state index is 11.5. The second-order valence-corrected chi connectivity index (χ2v) is 4.39. The van der Waals surface area contributed by atoms with Gasteiger partial charge in [-0.05, 0) is 31.0 Å². The van der Waals surface area contributed by atoms with E-state index < -0.39 is 17.7 Å². The van der Waals surface area contributed by atoms with Crippen LogP contribution in [0.5, 0.6) is 5.75 Å². The Morgan fingerprint density at radius 3 is 2.75 bits per heavy atom. The number of esters is 1. The summed E-state index contributed by atoms with van der Waals surface area (Å²) in [6, 6.07) is 6.65. The average molecular weight is 276 g/mol. The summed E-state index contributed by atoms with van der Waals surface area (Å²) < 4.78 is 15.2. The molecule has 0 N–H and O–H groups in total. The standard InChI is InChI=1S/C15H16O5/c1-4-10-7-14(16)20-13-8-11(5-6-12(10)13)19-9(2)15(17)18-3/h5-9H,4H2,1-3H3. The molecular formula is C15H16O5. The molecule has 1 heterocycles. The number of rotatable bonds is 4. The molecule has 0 aliphatic heterocycles. The van der Waals surface area contributed by atoms with Crippen molar-refractivity contribution >= 4 is 16.9 Å². The van der Waals surface area contributed by atoms with Crippen molar-refractivity contribution < 1.29 is 18.7 Å². The van der Waals surface area contributed by atoms with E-state index in [1.165, 1.54) is 13.2 Å². The van der Waals surface area contributed by atoms with Gasteiger partial charge in [-0.2, -0.15) is 0 Å². The summed E-state index contributed by atoms with van der Waals surface area (Å²) in [4.78, 5) is 22.8. The fourth-order valence-electron chi connectivity index (χ4n) is 1.99. The highest BCUT2D eigenvalue weighted by Gasteiger charge is 2.15. The van der Waals surface area contributed by atoms with Crippen molar-refractivity contribution in [3.8, 4) is 5.75 Å². The van der Waals surface area contributed by atoms with Gasteiger partial charge in [0.15, 0.2) is 6.10 Å². The number of aryl methyl sites for hydroxylation is 1. The van der Waals surface area contributed by atoms with Gasteiger partial charge in [-0.25, -0.2) is 9.59 Å². The van der Waals surface area contributed by atoms with Crippen LogP contribution in [0.3, 0.4) is 0 Å². The zero-order chi connectivity index (χ0) is 14.7. The van der Waals surface area contributed by atoms with Gasteiger partial charge in [0.05, 0.1) is 7.11 Å². The minimum absolute atomic E-state index is 0.396. The molecular weight excluding hydrogens is 260 g/mol. The molecule has 0 fully saturated rings. The monoisotopic (exact) mass is 276 g/mol. The highest BCUT2D eigenvalue weighted by Crippen LogP contribution is 2.23. The number of carbonyl (C=O) groups is 1.